The number of allylic oxidation sites excluding steroid dienone is 2. The van der Waals surface area contributed by atoms with Gasteiger partial charge in [-0.25, -0.2) is 9.67 Å². The lowest BCUT2D eigenvalue weighted by Crippen LogP contribution is -2.36. The first kappa shape index (κ1) is 30.2. The van der Waals surface area contributed by atoms with Gasteiger partial charge in [-0.1, -0.05) is 57.9 Å². The van der Waals surface area contributed by atoms with Crippen LogP contribution in [0.1, 0.15) is 58.3 Å². The molecule has 3 aromatic heterocycles. The second-order valence-electron chi connectivity index (χ2n) is 10.6. The number of benzene rings is 1. The number of anilines is 1. The Bertz CT molecular complexity index is 1480. The monoisotopic (exact) mass is 558 g/mol. The Morgan fingerprint density at radius 3 is 2.51 bits per heavy atom. The van der Waals surface area contributed by atoms with Gasteiger partial charge in [0.1, 0.15) is 11.3 Å². The van der Waals surface area contributed by atoms with Crippen molar-refractivity contribution in [2.45, 2.75) is 53.9 Å². The summed E-state index contributed by atoms with van der Waals surface area (Å²) in [6.45, 7) is 13.1. The number of aliphatic hydroxyl groups excluding tert-OH is 1. The van der Waals surface area contributed by atoms with Gasteiger partial charge in [0.2, 0.25) is 0 Å². The van der Waals surface area contributed by atoms with Gasteiger partial charge in [-0.3, -0.25) is 4.79 Å². The Balaban J connectivity index is 0.000000909. The van der Waals surface area contributed by atoms with Crippen LogP contribution in [0.5, 0.6) is 0 Å². The third-order valence-electron chi connectivity index (χ3n) is 6.88. The number of rotatable bonds is 9. The molecule has 0 aliphatic carbocycles. The summed E-state index contributed by atoms with van der Waals surface area (Å²) in [6.07, 6.45) is 6.23. The van der Waals surface area contributed by atoms with Gasteiger partial charge >= 0.3 is 0 Å². The Morgan fingerprint density at radius 1 is 1.10 bits per heavy atom. The number of ketones is 1. The lowest BCUT2D eigenvalue weighted by atomic mass is 10.0. The molecule has 8 heteroatoms. The molecule has 5 rings (SSSR count). The van der Waals surface area contributed by atoms with Crippen molar-refractivity contribution in [3.05, 3.63) is 66.1 Å². The number of morpholine rings is 1. The van der Waals surface area contributed by atoms with E-state index in [1.807, 2.05) is 55.9 Å². The predicted molar refractivity (Wildman–Crippen MR) is 164 cm³/mol. The number of pyridine rings is 1. The Hall–Kier alpha value is -3.75. The fourth-order valence-electron chi connectivity index (χ4n) is 4.59. The highest BCUT2D eigenvalue weighted by Crippen LogP contribution is 2.35. The number of carbonyl (C=O) groups is 1. The van der Waals surface area contributed by atoms with Gasteiger partial charge in [-0.05, 0) is 43.5 Å². The highest BCUT2D eigenvalue weighted by molar-refractivity contribution is 5.99. The van der Waals surface area contributed by atoms with Gasteiger partial charge in [0, 0.05) is 49.5 Å². The van der Waals surface area contributed by atoms with E-state index in [1.165, 1.54) is 5.56 Å². The maximum absolute atomic E-state index is 12.5. The quantitative estimate of drug-likeness (QED) is 0.231. The zero-order valence-corrected chi connectivity index (χ0v) is 24.9. The van der Waals surface area contributed by atoms with Crippen LogP contribution < -0.4 is 4.90 Å². The fourth-order valence-corrected chi connectivity index (χ4v) is 4.59. The van der Waals surface area contributed by atoms with Crippen LogP contribution in [0.3, 0.4) is 0 Å². The normalized spacial score (nSPS) is 13.9. The van der Waals surface area contributed by atoms with E-state index >= 15 is 0 Å². The molecule has 218 valence electrons. The van der Waals surface area contributed by atoms with Crippen molar-refractivity contribution < 1.29 is 19.1 Å². The van der Waals surface area contributed by atoms with E-state index in [0.29, 0.717) is 25.6 Å². The minimum atomic E-state index is -0.0627. The van der Waals surface area contributed by atoms with Crippen LogP contribution in [0.2, 0.25) is 0 Å². The summed E-state index contributed by atoms with van der Waals surface area (Å²) in [7, 11) is 0. The molecule has 0 atom stereocenters. The number of carbonyl (C=O) groups excluding carboxylic acids is 1. The minimum absolute atomic E-state index is 0.0627. The van der Waals surface area contributed by atoms with E-state index in [9.17, 15) is 4.79 Å². The Morgan fingerprint density at radius 2 is 1.85 bits per heavy atom. The molecule has 0 unspecified atom stereocenters. The first-order valence-electron chi connectivity index (χ1n) is 14.6. The van der Waals surface area contributed by atoms with E-state index in [-0.39, 0.29) is 11.7 Å². The summed E-state index contributed by atoms with van der Waals surface area (Å²) in [5.74, 6) is 1.46. The van der Waals surface area contributed by atoms with E-state index in [4.69, 9.17) is 24.3 Å². The molecule has 0 saturated carbocycles. The van der Waals surface area contributed by atoms with E-state index in [1.54, 1.807) is 6.08 Å². The molecule has 0 amide bonds. The number of fused-ring (bicyclic) bond motifs is 1. The summed E-state index contributed by atoms with van der Waals surface area (Å²) in [5, 5.41) is 12.7. The summed E-state index contributed by atoms with van der Waals surface area (Å²) < 4.78 is 13.8. The molecule has 8 nitrogen and oxygen atoms in total. The molecule has 1 saturated heterocycles. The third kappa shape index (κ3) is 7.51. The summed E-state index contributed by atoms with van der Waals surface area (Å²) in [5.41, 5.74) is 6.52. The van der Waals surface area contributed by atoms with Crippen molar-refractivity contribution in [1.82, 2.24) is 14.8 Å². The number of hydrogen-bond donors (Lipinski definition) is 1. The van der Waals surface area contributed by atoms with Crippen molar-refractivity contribution in [2.75, 3.05) is 37.8 Å². The smallest absolute Gasteiger partial charge is 0.176 e. The van der Waals surface area contributed by atoms with Gasteiger partial charge in [0.05, 0.1) is 24.6 Å². The van der Waals surface area contributed by atoms with E-state index in [2.05, 4.69) is 36.9 Å². The Kier molecular flexibility index (Phi) is 10.5. The number of aliphatic hydroxyl groups is 1. The highest BCUT2D eigenvalue weighted by atomic mass is 16.5. The first-order valence-corrected chi connectivity index (χ1v) is 14.6. The average molecular weight is 559 g/mol. The standard InChI is InChI=1S/C30H34N4O3.C3H8O/c1-5-7-23(17-27(35)20(2)3)28-18-25-30(37-28)26(33-12-14-36-15-13-33)19-29(31-25)34-11-10-24(32-34)22-9-6-8-21(4)16-22;1-2-3-4/h6,8-11,16-20H,5,7,12-15H2,1-4H3;4H,2-3H2,1H3/b23-17+;. The number of aromatic nitrogens is 3. The van der Waals surface area contributed by atoms with E-state index < -0.39 is 0 Å². The summed E-state index contributed by atoms with van der Waals surface area (Å²) in [6, 6.07) is 14.3. The third-order valence-corrected chi connectivity index (χ3v) is 6.88. The van der Waals surface area contributed by atoms with Gasteiger partial charge < -0.3 is 19.2 Å². The maximum atomic E-state index is 12.5. The van der Waals surface area contributed by atoms with Gasteiger partial charge in [0.25, 0.3) is 0 Å². The lowest BCUT2D eigenvalue weighted by molar-refractivity contribution is -0.117. The van der Waals surface area contributed by atoms with Crippen molar-refractivity contribution >= 4 is 28.1 Å². The second-order valence-corrected chi connectivity index (χ2v) is 10.6. The molecule has 0 spiro atoms. The van der Waals surface area contributed by atoms with Crippen LogP contribution in [0.15, 0.2) is 59.2 Å². The van der Waals surface area contributed by atoms with Crippen LogP contribution in [0.4, 0.5) is 5.69 Å². The number of ether oxygens (including phenoxy) is 1. The minimum Gasteiger partial charge on any atom is -0.453 e. The van der Waals surface area contributed by atoms with Crippen molar-refractivity contribution in [2.24, 2.45) is 5.92 Å². The van der Waals surface area contributed by atoms with Crippen molar-refractivity contribution in [1.29, 1.82) is 0 Å². The van der Waals surface area contributed by atoms with Crippen LogP contribution in [-0.2, 0) is 9.53 Å². The summed E-state index contributed by atoms with van der Waals surface area (Å²) in [4.78, 5) is 19.8. The molecule has 4 aromatic rings. The molecule has 1 aliphatic rings. The molecule has 0 bridgehead atoms. The van der Waals surface area contributed by atoms with Crippen molar-refractivity contribution in [3.8, 4) is 17.1 Å². The first-order chi connectivity index (χ1) is 19.8. The number of furan rings is 1. The molecule has 1 N–H and O–H groups in total. The molecule has 0 radical (unpaired) electrons. The van der Waals surface area contributed by atoms with Crippen LogP contribution in [0, 0.1) is 12.8 Å². The van der Waals surface area contributed by atoms with Crippen LogP contribution >= 0.6 is 0 Å². The lowest BCUT2D eigenvalue weighted by Gasteiger charge is -2.29. The van der Waals surface area contributed by atoms with Gasteiger partial charge in [-0.15, -0.1) is 0 Å². The molecular formula is C33H42N4O4. The van der Waals surface area contributed by atoms with E-state index in [0.717, 1.165) is 71.8 Å². The topological polar surface area (TPSA) is 93.6 Å². The number of aryl methyl sites for hydroxylation is 1. The zero-order chi connectivity index (χ0) is 29.4. The molecule has 1 fully saturated rings. The van der Waals surface area contributed by atoms with Crippen molar-refractivity contribution in [3.63, 3.8) is 0 Å². The average Bonchev–Trinajstić information content (AvgIpc) is 3.65. The molecule has 1 aromatic carbocycles. The fraction of sp³-hybridized carbons (Fsp3) is 0.424. The highest BCUT2D eigenvalue weighted by Gasteiger charge is 2.22. The number of nitrogens with zero attached hydrogens (tertiary/aromatic N) is 4. The molecule has 41 heavy (non-hydrogen) atoms. The zero-order valence-electron chi connectivity index (χ0n) is 24.9. The molecule has 4 heterocycles. The van der Waals surface area contributed by atoms with Crippen LogP contribution in [-0.4, -0.2) is 58.6 Å². The van der Waals surface area contributed by atoms with Gasteiger partial charge in [0.15, 0.2) is 17.2 Å². The SMILES string of the molecule is CCC/C(=C\C(=O)C(C)C)c1cc2nc(-n3ccc(-c4cccc(C)c4)n3)cc(N3CCOCC3)c2o1.CCCO. The van der Waals surface area contributed by atoms with Gasteiger partial charge in [-0.2, -0.15) is 5.10 Å². The second kappa shape index (κ2) is 14.2. The number of hydrogen-bond acceptors (Lipinski definition) is 7. The van der Waals surface area contributed by atoms with Crippen LogP contribution in [0.25, 0.3) is 33.7 Å². The predicted octanol–water partition coefficient (Wildman–Crippen LogP) is 6.62. The maximum Gasteiger partial charge on any atom is 0.176 e. The molecule has 1 aliphatic heterocycles. The Labute approximate surface area is 242 Å². The largest absolute Gasteiger partial charge is 0.453 e. The summed E-state index contributed by atoms with van der Waals surface area (Å²) >= 11 is 0. The molecular weight excluding hydrogens is 516 g/mol.